The van der Waals surface area contributed by atoms with Gasteiger partial charge in [-0.2, -0.15) is 0 Å². The van der Waals surface area contributed by atoms with Gasteiger partial charge in [0.1, 0.15) is 6.26 Å². The van der Waals surface area contributed by atoms with Gasteiger partial charge >= 0.3 is 10.4 Å². The van der Waals surface area contributed by atoms with Gasteiger partial charge in [0.05, 0.1) is 0 Å². The average molecular weight is 305 g/mol. The van der Waals surface area contributed by atoms with Crippen LogP contribution in [0.3, 0.4) is 0 Å². The van der Waals surface area contributed by atoms with Gasteiger partial charge in [0.25, 0.3) is 0 Å². The molecule has 0 spiro atoms. The molecular weight excluding hydrogens is 286 g/mol. The van der Waals surface area contributed by atoms with Crippen molar-refractivity contribution in [2.24, 2.45) is 5.84 Å². The molecule has 19 heavy (non-hydrogen) atoms. The largest absolute Gasteiger partial charge is 0.610 e. The van der Waals surface area contributed by atoms with E-state index in [-0.39, 0.29) is 0 Å². The number of carbonyl (C=O) groups excluding carboxylic acids is 1. The van der Waals surface area contributed by atoms with Gasteiger partial charge in [-0.1, -0.05) is 31.3 Å². The van der Waals surface area contributed by atoms with Gasteiger partial charge in [0.15, 0.2) is 0 Å². The number of nitrogens with one attached hydrogen (secondary N) is 1. The molecular formula is C10H19N5O2S2. The quantitative estimate of drug-likeness (QED) is 0.198. The third-order valence-corrected chi connectivity index (χ3v) is 4.54. The van der Waals surface area contributed by atoms with E-state index in [2.05, 4.69) is 22.4 Å². The summed E-state index contributed by atoms with van der Waals surface area (Å²) in [6, 6.07) is -0.430. The molecule has 0 bridgehead atoms. The summed E-state index contributed by atoms with van der Waals surface area (Å²) in [6.07, 6.45) is 5.71. The van der Waals surface area contributed by atoms with E-state index >= 15 is 0 Å². The van der Waals surface area contributed by atoms with Gasteiger partial charge in [-0.05, 0) is 17.8 Å². The maximum Gasteiger partial charge on any atom is 0.337 e. The first-order valence-corrected chi connectivity index (χ1v) is 8.42. The van der Waals surface area contributed by atoms with Crippen LogP contribution in [-0.4, -0.2) is 38.6 Å². The minimum absolute atomic E-state index is 0.305. The minimum Gasteiger partial charge on any atom is -0.610 e. The van der Waals surface area contributed by atoms with Crippen LogP contribution in [0.4, 0.5) is 9.93 Å². The number of hydrazine groups is 1. The number of nitrogens with zero attached hydrogens (tertiary/aromatic N) is 3. The van der Waals surface area contributed by atoms with E-state index in [1.165, 1.54) is 6.26 Å². The van der Waals surface area contributed by atoms with Gasteiger partial charge in [-0.3, -0.25) is 10.3 Å². The first kappa shape index (κ1) is 16.2. The first-order valence-electron chi connectivity index (χ1n) is 6.04. The van der Waals surface area contributed by atoms with Crippen LogP contribution >= 0.6 is 11.3 Å². The Morgan fingerprint density at radius 3 is 2.79 bits per heavy atom. The van der Waals surface area contributed by atoms with E-state index in [1.807, 2.05) is 0 Å². The lowest BCUT2D eigenvalue weighted by Crippen LogP contribution is -2.41. The van der Waals surface area contributed by atoms with Gasteiger partial charge in [0, 0.05) is 17.7 Å². The molecule has 1 atom stereocenters. The third-order valence-electron chi connectivity index (χ3n) is 2.38. The Bertz CT molecular complexity index is 399. The molecule has 7 nitrogen and oxygen atoms in total. The van der Waals surface area contributed by atoms with Gasteiger partial charge in [-0.15, -0.1) is 5.10 Å². The van der Waals surface area contributed by atoms with Crippen LogP contribution in [-0.2, 0) is 11.2 Å². The molecule has 1 rings (SSSR count). The van der Waals surface area contributed by atoms with Crippen molar-refractivity contribution in [2.75, 3.05) is 18.1 Å². The lowest BCUT2D eigenvalue weighted by molar-refractivity contribution is 0.211. The number of carbonyl (C=O) groups is 1. The lowest BCUT2D eigenvalue weighted by Gasteiger charge is -2.15. The highest BCUT2D eigenvalue weighted by molar-refractivity contribution is 7.92. The summed E-state index contributed by atoms with van der Waals surface area (Å²) >= 11 is -0.110. The topological polar surface area (TPSA) is 107 Å². The summed E-state index contributed by atoms with van der Waals surface area (Å²) < 4.78 is 11.5. The Morgan fingerprint density at radius 2 is 2.21 bits per heavy atom. The second-order valence-electron chi connectivity index (χ2n) is 4.01. The summed E-state index contributed by atoms with van der Waals surface area (Å²) in [5, 5.41) is 11.4. The zero-order chi connectivity index (χ0) is 14.3. The first-order chi connectivity index (χ1) is 9.04. The molecule has 1 aromatic heterocycles. The van der Waals surface area contributed by atoms with E-state index in [4.69, 9.17) is 5.84 Å². The zero-order valence-electron chi connectivity index (χ0n) is 11.1. The number of amides is 2. The standard InChI is InChI=1S/C10H19N5O2S2/c1-3-4-5-6-7-15(11)9(16)12-8-13-14-10(18-8)19(2)17/h3-7,11H2,1-2H3,(H,12,13,16). The SMILES string of the molecule is CCCCCCN(N)C(=O)Nc1nnc([S+](C)[O-])s1. The van der Waals surface area contributed by atoms with Crippen LogP contribution in [0.2, 0.25) is 0 Å². The molecule has 0 aliphatic rings. The highest BCUT2D eigenvalue weighted by atomic mass is 32.2. The molecule has 1 heterocycles. The molecule has 9 heteroatoms. The Kier molecular flexibility index (Phi) is 7.06. The van der Waals surface area contributed by atoms with Crippen molar-refractivity contribution in [3.05, 3.63) is 0 Å². The van der Waals surface area contributed by atoms with Crippen molar-refractivity contribution in [2.45, 2.75) is 36.9 Å². The van der Waals surface area contributed by atoms with E-state index in [1.54, 1.807) is 0 Å². The predicted octanol–water partition coefficient (Wildman–Crippen LogP) is 1.56. The highest BCUT2D eigenvalue weighted by Gasteiger charge is 2.16. The Labute approximate surface area is 119 Å². The molecule has 1 aromatic rings. The van der Waals surface area contributed by atoms with Crippen LogP contribution in [0.25, 0.3) is 0 Å². The molecule has 0 aliphatic carbocycles. The van der Waals surface area contributed by atoms with Crippen LogP contribution in [0.5, 0.6) is 0 Å². The van der Waals surface area contributed by atoms with Crippen LogP contribution in [0.15, 0.2) is 4.34 Å². The molecule has 0 radical (unpaired) electrons. The maximum absolute atomic E-state index is 11.7. The number of aromatic nitrogens is 2. The number of nitrogens with two attached hydrogens (primary N) is 1. The number of hydrogen-bond donors (Lipinski definition) is 2. The van der Waals surface area contributed by atoms with Crippen molar-refractivity contribution in [1.82, 2.24) is 15.2 Å². The summed E-state index contributed by atoms with van der Waals surface area (Å²) in [5.74, 6) is 5.63. The van der Waals surface area contributed by atoms with Crippen molar-refractivity contribution >= 4 is 33.7 Å². The molecule has 108 valence electrons. The number of unbranched alkanes of at least 4 members (excludes halogenated alkanes) is 3. The Balaban J connectivity index is 2.36. The summed E-state index contributed by atoms with van der Waals surface area (Å²) in [6.45, 7) is 2.62. The second kappa shape index (κ2) is 8.31. The van der Waals surface area contributed by atoms with E-state index in [9.17, 15) is 9.35 Å². The van der Waals surface area contributed by atoms with Crippen LogP contribution in [0, 0.1) is 0 Å². The number of rotatable bonds is 7. The van der Waals surface area contributed by atoms with Gasteiger partial charge in [-0.25, -0.2) is 10.6 Å². The van der Waals surface area contributed by atoms with Crippen molar-refractivity contribution in [3.63, 3.8) is 0 Å². The number of anilines is 1. The fourth-order valence-electron chi connectivity index (χ4n) is 1.35. The molecule has 0 fully saturated rings. The number of urea groups is 1. The highest BCUT2D eigenvalue weighted by Crippen LogP contribution is 2.19. The molecule has 1 unspecified atom stereocenters. The van der Waals surface area contributed by atoms with Gasteiger partial charge < -0.3 is 4.55 Å². The second-order valence-corrected chi connectivity index (χ2v) is 6.54. The molecule has 0 saturated carbocycles. The molecule has 0 saturated heterocycles. The van der Waals surface area contributed by atoms with Gasteiger partial charge in [0.2, 0.25) is 5.13 Å². The predicted molar refractivity (Wildman–Crippen MR) is 76.3 cm³/mol. The van der Waals surface area contributed by atoms with E-state index in [0.29, 0.717) is 16.0 Å². The summed E-state index contributed by atoms with van der Waals surface area (Å²) in [7, 11) is 0. The Morgan fingerprint density at radius 1 is 1.47 bits per heavy atom. The molecule has 0 aromatic carbocycles. The average Bonchev–Trinajstić information content (AvgIpc) is 2.83. The maximum atomic E-state index is 11.7. The Hall–Kier alpha value is -0.900. The van der Waals surface area contributed by atoms with E-state index in [0.717, 1.165) is 42.0 Å². The monoisotopic (exact) mass is 305 g/mol. The van der Waals surface area contributed by atoms with Crippen molar-refractivity contribution < 1.29 is 9.35 Å². The molecule has 0 aliphatic heterocycles. The lowest BCUT2D eigenvalue weighted by atomic mass is 10.2. The number of hydrogen-bond acceptors (Lipinski definition) is 6. The minimum atomic E-state index is -1.19. The molecule has 2 amide bonds. The zero-order valence-corrected chi connectivity index (χ0v) is 12.7. The fourth-order valence-corrected chi connectivity index (χ4v) is 2.68. The summed E-state index contributed by atoms with van der Waals surface area (Å²) in [5.41, 5.74) is 0. The van der Waals surface area contributed by atoms with Crippen molar-refractivity contribution in [1.29, 1.82) is 0 Å². The smallest absolute Gasteiger partial charge is 0.337 e. The van der Waals surface area contributed by atoms with Crippen LogP contribution in [0.1, 0.15) is 32.6 Å². The van der Waals surface area contributed by atoms with Crippen molar-refractivity contribution in [3.8, 4) is 0 Å². The van der Waals surface area contributed by atoms with E-state index < -0.39 is 17.2 Å². The summed E-state index contributed by atoms with van der Waals surface area (Å²) in [4.78, 5) is 11.7. The fraction of sp³-hybridized carbons (Fsp3) is 0.700. The normalized spacial score (nSPS) is 12.2. The molecule has 3 N–H and O–H groups in total. The van der Waals surface area contributed by atoms with Crippen LogP contribution < -0.4 is 11.2 Å². The third kappa shape index (κ3) is 5.72.